The van der Waals surface area contributed by atoms with Crippen LogP contribution >= 0.6 is 27.5 Å². The molecule has 6 nitrogen and oxygen atoms in total. The van der Waals surface area contributed by atoms with Crippen LogP contribution in [0.4, 0.5) is 10.5 Å². The van der Waals surface area contributed by atoms with E-state index in [1.54, 1.807) is 18.2 Å². The summed E-state index contributed by atoms with van der Waals surface area (Å²) in [7, 11) is 0. The van der Waals surface area contributed by atoms with Gasteiger partial charge in [-0.1, -0.05) is 27.5 Å². The fourth-order valence-electron chi connectivity index (χ4n) is 0.902. The predicted octanol–water partition coefficient (Wildman–Crippen LogP) is 2.24. The molecule has 0 saturated carbocycles. The van der Waals surface area contributed by atoms with Gasteiger partial charge in [0.15, 0.2) is 6.61 Å². The molecule has 0 fully saturated rings. The van der Waals surface area contributed by atoms with E-state index in [4.69, 9.17) is 16.7 Å². The van der Waals surface area contributed by atoms with Crippen molar-refractivity contribution in [3.8, 4) is 0 Å². The standard InChI is InChI=1S/C9H8BrClN2O4/c10-5-1-2-7(6(11)3-5)12-9(16)13-17-4-8(14)15/h1-3H,4H2,(H,14,15)(H2,12,13,16). The van der Waals surface area contributed by atoms with Gasteiger partial charge in [0.1, 0.15) is 0 Å². The molecule has 0 saturated heterocycles. The van der Waals surface area contributed by atoms with Crippen LogP contribution in [-0.4, -0.2) is 23.7 Å². The van der Waals surface area contributed by atoms with Gasteiger partial charge in [-0.2, -0.15) is 0 Å². The van der Waals surface area contributed by atoms with Crippen molar-refractivity contribution in [3.05, 3.63) is 27.7 Å². The Balaban J connectivity index is 2.48. The molecule has 0 spiro atoms. The lowest BCUT2D eigenvalue weighted by Crippen LogP contribution is -2.30. The van der Waals surface area contributed by atoms with Crippen molar-refractivity contribution in [3.63, 3.8) is 0 Å². The molecule has 1 rings (SSSR count). The third kappa shape index (κ3) is 5.03. The minimum absolute atomic E-state index is 0.341. The number of carboxylic acid groups (broad SMARTS) is 1. The second-order valence-electron chi connectivity index (χ2n) is 2.86. The lowest BCUT2D eigenvalue weighted by atomic mass is 10.3. The zero-order chi connectivity index (χ0) is 12.8. The first-order valence-corrected chi connectivity index (χ1v) is 5.52. The predicted molar refractivity (Wildman–Crippen MR) is 64.9 cm³/mol. The molecule has 0 heterocycles. The normalized spacial score (nSPS) is 9.76. The molecule has 8 heteroatoms. The lowest BCUT2D eigenvalue weighted by molar-refractivity contribution is -0.143. The Morgan fingerprint density at radius 2 is 2.18 bits per heavy atom. The summed E-state index contributed by atoms with van der Waals surface area (Å²) in [5.74, 6) is -1.19. The second-order valence-corrected chi connectivity index (χ2v) is 4.19. The number of amides is 2. The number of hydrogen-bond donors (Lipinski definition) is 3. The Bertz CT molecular complexity index is 441. The van der Waals surface area contributed by atoms with Gasteiger partial charge in [-0.05, 0) is 18.2 Å². The first-order chi connectivity index (χ1) is 7.99. The van der Waals surface area contributed by atoms with Crippen molar-refractivity contribution in [2.75, 3.05) is 11.9 Å². The average molecular weight is 324 g/mol. The highest BCUT2D eigenvalue weighted by Crippen LogP contribution is 2.25. The number of carbonyl (C=O) groups excluding carboxylic acids is 1. The van der Waals surface area contributed by atoms with Crippen LogP contribution in [0, 0.1) is 0 Å². The van der Waals surface area contributed by atoms with Gasteiger partial charge in [-0.3, -0.25) is 4.84 Å². The third-order valence-corrected chi connectivity index (χ3v) is 2.35. The van der Waals surface area contributed by atoms with E-state index in [-0.39, 0.29) is 0 Å². The highest BCUT2D eigenvalue weighted by molar-refractivity contribution is 9.10. The number of aliphatic carboxylic acids is 1. The van der Waals surface area contributed by atoms with Crippen molar-refractivity contribution in [1.29, 1.82) is 0 Å². The van der Waals surface area contributed by atoms with Crippen LogP contribution in [0.3, 0.4) is 0 Å². The van der Waals surface area contributed by atoms with E-state index in [2.05, 4.69) is 26.1 Å². The van der Waals surface area contributed by atoms with Crippen molar-refractivity contribution in [2.45, 2.75) is 0 Å². The molecule has 3 N–H and O–H groups in total. The molecule has 0 radical (unpaired) electrons. The van der Waals surface area contributed by atoms with Gasteiger partial charge in [0.2, 0.25) is 0 Å². The van der Waals surface area contributed by atoms with Crippen LogP contribution in [0.15, 0.2) is 22.7 Å². The Kier molecular flexibility index (Phi) is 5.20. The minimum Gasteiger partial charge on any atom is -0.479 e. The van der Waals surface area contributed by atoms with Gasteiger partial charge in [0, 0.05) is 4.47 Å². The highest BCUT2D eigenvalue weighted by atomic mass is 79.9. The van der Waals surface area contributed by atoms with E-state index >= 15 is 0 Å². The summed E-state index contributed by atoms with van der Waals surface area (Å²) in [5.41, 5.74) is 2.28. The minimum atomic E-state index is -1.19. The topological polar surface area (TPSA) is 87.7 Å². The fourth-order valence-corrected chi connectivity index (χ4v) is 1.62. The molecule has 0 aromatic heterocycles. The molecule has 2 amide bonds. The van der Waals surface area contributed by atoms with Crippen LogP contribution in [0.25, 0.3) is 0 Å². The van der Waals surface area contributed by atoms with Gasteiger partial charge >= 0.3 is 12.0 Å². The molecule has 1 aromatic carbocycles. The van der Waals surface area contributed by atoms with E-state index in [1.165, 1.54) is 0 Å². The third-order valence-electron chi connectivity index (χ3n) is 1.54. The van der Waals surface area contributed by atoms with Gasteiger partial charge in [0.05, 0.1) is 10.7 Å². The first-order valence-electron chi connectivity index (χ1n) is 4.34. The summed E-state index contributed by atoms with van der Waals surface area (Å²) in [4.78, 5) is 25.7. The number of anilines is 1. The molecule has 0 aliphatic rings. The van der Waals surface area contributed by atoms with Crippen molar-refractivity contribution >= 4 is 45.2 Å². The fraction of sp³-hybridized carbons (Fsp3) is 0.111. The molecule has 0 bridgehead atoms. The summed E-state index contributed by atoms with van der Waals surface area (Å²) in [6.45, 7) is -0.624. The first kappa shape index (κ1) is 13.8. The van der Waals surface area contributed by atoms with Crippen molar-refractivity contribution < 1.29 is 19.5 Å². The van der Waals surface area contributed by atoms with Gasteiger partial charge in [-0.25, -0.2) is 15.1 Å². The maximum absolute atomic E-state index is 11.2. The number of rotatable bonds is 4. The largest absolute Gasteiger partial charge is 0.479 e. The Hall–Kier alpha value is -1.31. The lowest BCUT2D eigenvalue weighted by Gasteiger charge is -2.08. The number of benzene rings is 1. The van der Waals surface area contributed by atoms with E-state index in [9.17, 15) is 9.59 Å². The highest BCUT2D eigenvalue weighted by Gasteiger charge is 2.06. The van der Waals surface area contributed by atoms with Crippen molar-refractivity contribution in [1.82, 2.24) is 5.48 Å². The Labute approximate surface area is 110 Å². The van der Waals surface area contributed by atoms with Crippen LogP contribution in [-0.2, 0) is 9.63 Å². The summed E-state index contributed by atoms with van der Waals surface area (Å²) in [5, 5.41) is 11.0. The van der Waals surface area contributed by atoms with Crippen LogP contribution in [0.2, 0.25) is 5.02 Å². The molecule has 92 valence electrons. The molecule has 0 aliphatic carbocycles. The maximum atomic E-state index is 11.2. The number of urea groups is 1. The number of halogens is 2. The summed E-state index contributed by atoms with van der Waals surface area (Å²) in [6, 6.07) is 4.17. The number of hydroxylamine groups is 1. The van der Waals surface area contributed by atoms with E-state index in [0.29, 0.717) is 10.7 Å². The summed E-state index contributed by atoms with van der Waals surface area (Å²) >= 11 is 9.07. The quantitative estimate of drug-likeness (QED) is 0.742. The smallest absolute Gasteiger partial charge is 0.343 e. The van der Waals surface area contributed by atoms with Gasteiger partial charge in [-0.15, -0.1) is 0 Å². The number of nitrogens with one attached hydrogen (secondary N) is 2. The Morgan fingerprint density at radius 1 is 1.47 bits per heavy atom. The molecule has 0 unspecified atom stereocenters. The number of carbonyl (C=O) groups is 2. The van der Waals surface area contributed by atoms with Crippen LogP contribution in [0.1, 0.15) is 0 Å². The van der Waals surface area contributed by atoms with Crippen LogP contribution < -0.4 is 10.8 Å². The second kappa shape index (κ2) is 6.43. The molecule has 1 aromatic rings. The number of carboxylic acids is 1. The summed E-state index contributed by atoms with van der Waals surface area (Å²) < 4.78 is 0.774. The molecule has 0 aliphatic heterocycles. The van der Waals surface area contributed by atoms with E-state index < -0.39 is 18.6 Å². The zero-order valence-electron chi connectivity index (χ0n) is 8.37. The summed E-state index contributed by atoms with van der Waals surface area (Å²) in [6.07, 6.45) is 0. The Morgan fingerprint density at radius 3 is 2.76 bits per heavy atom. The van der Waals surface area contributed by atoms with Gasteiger partial charge in [0.25, 0.3) is 0 Å². The van der Waals surface area contributed by atoms with Gasteiger partial charge < -0.3 is 10.4 Å². The molecular weight excluding hydrogens is 315 g/mol. The molecular formula is C9H8BrClN2O4. The molecule has 0 atom stereocenters. The van der Waals surface area contributed by atoms with Crippen molar-refractivity contribution in [2.24, 2.45) is 0 Å². The van der Waals surface area contributed by atoms with Crippen LogP contribution in [0.5, 0.6) is 0 Å². The SMILES string of the molecule is O=C(O)CONC(=O)Nc1ccc(Br)cc1Cl. The average Bonchev–Trinajstić information content (AvgIpc) is 2.21. The van der Waals surface area contributed by atoms with E-state index in [0.717, 1.165) is 4.47 Å². The monoisotopic (exact) mass is 322 g/mol. The number of hydrogen-bond acceptors (Lipinski definition) is 3. The zero-order valence-corrected chi connectivity index (χ0v) is 10.7. The molecule has 17 heavy (non-hydrogen) atoms. The maximum Gasteiger partial charge on any atom is 0.343 e. The van der Waals surface area contributed by atoms with E-state index in [1.807, 2.05) is 5.48 Å².